The molecule has 3 N–H and O–H groups in total. The lowest BCUT2D eigenvalue weighted by molar-refractivity contribution is 0.0828. The minimum atomic E-state index is -4.72. The SMILES string of the molecule is CN1CCN(C2CCC(n3cc(-c4ccc(NS(=O)(=O)c5c(F)c(Br)cc(F)c5Br)c(F)c4)c4c(N)ncnc43)CC2)CC1. The van der Waals surface area contributed by atoms with Crippen LogP contribution in [0.3, 0.4) is 0 Å². The molecule has 0 unspecified atom stereocenters. The monoisotopic (exact) mass is 755 g/mol. The predicted octanol–water partition coefficient (Wildman–Crippen LogP) is 6.15. The van der Waals surface area contributed by atoms with Crippen molar-refractivity contribution < 1.29 is 21.6 Å². The molecular formula is C29H30Br2F3N7O2S. The van der Waals surface area contributed by atoms with Crippen LogP contribution in [0.5, 0.6) is 0 Å². The van der Waals surface area contributed by atoms with Gasteiger partial charge in [0.2, 0.25) is 0 Å². The smallest absolute Gasteiger partial charge is 0.266 e. The molecule has 4 aromatic rings. The molecule has 2 fully saturated rings. The first kappa shape index (κ1) is 31.3. The summed E-state index contributed by atoms with van der Waals surface area (Å²) >= 11 is 5.60. The average Bonchev–Trinajstić information content (AvgIpc) is 3.39. The van der Waals surface area contributed by atoms with E-state index in [0.29, 0.717) is 28.2 Å². The normalized spacial score (nSPS) is 20.3. The van der Waals surface area contributed by atoms with Crippen molar-refractivity contribution in [1.29, 1.82) is 0 Å². The van der Waals surface area contributed by atoms with Crippen LogP contribution in [-0.4, -0.2) is 72.0 Å². The number of aromatic nitrogens is 3. The van der Waals surface area contributed by atoms with Crippen molar-refractivity contribution in [3.8, 4) is 11.1 Å². The van der Waals surface area contributed by atoms with Crippen LogP contribution in [0.1, 0.15) is 31.7 Å². The van der Waals surface area contributed by atoms with Crippen LogP contribution in [0.4, 0.5) is 24.7 Å². The molecule has 1 aliphatic heterocycles. The molecule has 0 spiro atoms. The van der Waals surface area contributed by atoms with Crippen LogP contribution < -0.4 is 10.5 Å². The molecule has 0 radical (unpaired) electrons. The number of sulfonamides is 1. The summed E-state index contributed by atoms with van der Waals surface area (Å²) in [5.74, 6) is -2.89. The highest BCUT2D eigenvalue weighted by atomic mass is 79.9. The van der Waals surface area contributed by atoms with Gasteiger partial charge in [0, 0.05) is 50.0 Å². The van der Waals surface area contributed by atoms with Gasteiger partial charge in [-0.25, -0.2) is 31.6 Å². The van der Waals surface area contributed by atoms with Crippen molar-refractivity contribution in [3.05, 3.63) is 63.2 Å². The van der Waals surface area contributed by atoms with Crippen molar-refractivity contribution in [2.45, 2.75) is 42.7 Å². The lowest BCUT2D eigenvalue weighted by Gasteiger charge is -2.41. The lowest BCUT2D eigenvalue weighted by atomic mass is 9.89. The summed E-state index contributed by atoms with van der Waals surface area (Å²) in [6.45, 7) is 4.32. The van der Waals surface area contributed by atoms with Crippen LogP contribution in [0, 0.1) is 17.5 Å². The molecule has 2 aliphatic rings. The van der Waals surface area contributed by atoms with Crippen LogP contribution in [-0.2, 0) is 10.0 Å². The van der Waals surface area contributed by atoms with E-state index in [1.807, 2.05) is 10.9 Å². The van der Waals surface area contributed by atoms with E-state index in [-0.39, 0.29) is 11.9 Å². The van der Waals surface area contributed by atoms with Crippen molar-refractivity contribution >= 4 is 64.4 Å². The number of nitrogen functional groups attached to an aromatic ring is 1. The van der Waals surface area contributed by atoms with Crippen LogP contribution in [0.25, 0.3) is 22.2 Å². The third kappa shape index (κ3) is 5.84. The summed E-state index contributed by atoms with van der Waals surface area (Å²) in [4.78, 5) is 12.7. The number of piperazine rings is 1. The van der Waals surface area contributed by atoms with E-state index >= 15 is 4.39 Å². The molecule has 1 saturated carbocycles. The highest BCUT2D eigenvalue weighted by molar-refractivity contribution is 9.11. The number of nitrogens with one attached hydrogen (secondary N) is 1. The maximum absolute atomic E-state index is 15.5. The largest absolute Gasteiger partial charge is 0.383 e. The Kier molecular flexibility index (Phi) is 8.69. The Balaban J connectivity index is 1.28. The molecule has 9 nitrogen and oxygen atoms in total. The van der Waals surface area contributed by atoms with Gasteiger partial charge in [-0.2, -0.15) is 0 Å². The van der Waals surface area contributed by atoms with Crippen LogP contribution in [0.2, 0.25) is 0 Å². The quantitative estimate of drug-likeness (QED) is 0.227. The third-order valence-electron chi connectivity index (χ3n) is 8.62. The van der Waals surface area contributed by atoms with Gasteiger partial charge in [0.1, 0.15) is 34.3 Å². The summed E-state index contributed by atoms with van der Waals surface area (Å²) in [5, 5.41) is 0.581. The van der Waals surface area contributed by atoms with Gasteiger partial charge in [-0.15, -0.1) is 0 Å². The van der Waals surface area contributed by atoms with E-state index in [2.05, 4.69) is 63.2 Å². The van der Waals surface area contributed by atoms with Gasteiger partial charge in [0.15, 0.2) is 5.82 Å². The van der Waals surface area contributed by atoms with Crippen molar-refractivity contribution in [2.75, 3.05) is 43.7 Å². The Labute approximate surface area is 269 Å². The fraction of sp³-hybridized carbons (Fsp3) is 0.379. The number of hydrogen-bond donors (Lipinski definition) is 2. The third-order valence-corrected chi connectivity index (χ3v) is 11.6. The highest BCUT2D eigenvalue weighted by Crippen LogP contribution is 2.40. The molecule has 234 valence electrons. The van der Waals surface area contributed by atoms with E-state index < -0.39 is 47.0 Å². The fourth-order valence-corrected chi connectivity index (χ4v) is 8.94. The molecule has 0 bridgehead atoms. The minimum Gasteiger partial charge on any atom is -0.383 e. The molecule has 1 aliphatic carbocycles. The second-order valence-corrected chi connectivity index (χ2v) is 14.6. The van der Waals surface area contributed by atoms with E-state index in [4.69, 9.17) is 5.73 Å². The Bertz CT molecular complexity index is 1810. The minimum absolute atomic E-state index is 0.180. The summed E-state index contributed by atoms with van der Waals surface area (Å²) in [6.07, 6.45) is 7.36. The predicted molar refractivity (Wildman–Crippen MR) is 170 cm³/mol. The number of rotatable bonds is 6. The molecule has 15 heteroatoms. The van der Waals surface area contributed by atoms with E-state index in [0.717, 1.165) is 57.9 Å². The Morgan fingerprint density at radius 2 is 1.64 bits per heavy atom. The van der Waals surface area contributed by atoms with Crippen LogP contribution >= 0.6 is 31.9 Å². The number of nitrogens with zero attached hydrogens (tertiary/aromatic N) is 5. The zero-order chi connectivity index (χ0) is 31.3. The number of nitrogens with two attached hydrogens (primary N) is 1. The Morgan fingerprint density at radius 3 is 2.32 bits per heavy atom. The van der Waals surface area contributed by atoms with Crippen LogP contribution in [0.15, 0.2) is 50.6 Å². The van der Waals surface area contributed by atoms with Gasteiger partial charge >= 0.3 is 0 Å². The number of anilines is 2. The molecule has 6 rings (SSSR count). The standard InChI is InChI=1S/C29H30Br2F3N7O2S/c1-39-8-10-40(11-9-39)17-3-5-18(6-4-17)41-14-19(24-28(35)36-15-37-29(24)41)16-2-7-23(21(32)12-16)38-44(42,43)27-25(31)22(33)13-20(30)26(27)34/h2,7,12-15,17-18,38H,3-6,8-11H2,1H3,(H2,35,36,37). The molecule has 0 atom stereocenters. The summed E-state index contributed by atoms with van der Waals surface area (Å²) in [5.41, 5.74) is 7.56. The second-order valence-electron chi connectivity index (χ2n) is 11.3. The Hall–Kier alpha value is -2.72. The topological polar surface area (TPSA) is 109 Å². The number of hydrogen-bond acceptors (Lipinski definition) is 7. The molecule has 1 saturated heterocycles. The number of halogens is 5. The fourth-order valence-electron chi connectivity index (χ4n) is 6.24. The first-order valence-corrected chi connectivity index (χ1v) is 17.2. The van der Waals surface area contributed by atoms with Crippen molar-refractivity contribution in [2.24, 2.45) is 0 Å². The molecular weight excluding hydrogens is 727 g/mol. The summed E-state index contributed by atoms with van der Waals surface area (Å²) in [7, 11) is -2.57. The van der Waals surface area contributed by atoms with Gasteiger partial charge in [-0.05, 0) is 88.4 Å². The van der Waals surface area contributed by atoms with E-state index in [9.17, 15) is 17.2 Å². The first-order chi connectivity index (χ1) is 20.9. The van der Waals surface area contributed by atoms with Gasteiger partial charge in [0.25, 0.3) is 10.0 Å². The zero-order valence-electron chi connectivity index (χ0n) is 23.7. The van der Waals surface area contributed by atoms with Gasteiger partial charge < -0.3 is 15.2 Å². The van der Waals surface area contributed by atoms with Crippen molar-refractivity contribution in [3.63, 3.8) is 0 Å². The maximum Gasteiger partial charge on any atom is 0.266 e. The molecule has 0 amide bonds. The molecule has 3 heterocycles. The maximum atomic E-state index is 15.5. The molecule has 2 aromatic heterocycles. The van der Waals surface area contributed by atoms with Gasteiger partial charge in [-0.3, -0.25) is 9.62 Å². The lowest BCUT2D eigenvalue weighted by Crippen LogP contribution is -2.49. The van der Waals surface area contributed by atoms with E-state index in [1.165, 1.54) is 24.5 Å². The van der Waals surface area contributed by atoms with Gasteiger partial charge in [-0.1, -0.05) is 6.07 Å². The molecule has 2 aromatic carbocycles. The van der Waals surface area contributed by atoms with Crippen molar-refractivity contribution in [1.82, 2.24) is 24.3 Å². The second kappa shape index (κ2) is 12.2. The Morgan fingerprint density at radius 1 is 0.955 bits per heavy atom. The zero-order valence-corrected chi connectivity index (χ0v) is 27.7. The van der Waals surface area contributed by atoms with E-state index in [1.54, 1.807) is 0 Å². The summed E-state index contributed by atoms with van der Waals surface area (Å²) < 4.78 is 73.5. The number of fused-ring (bicyclic) bond motifs is 1. The average molecular weight is 757 g/mol. The number of benzene rings is 2. The molecule has 44 heavy (non-hydrogen) atoms. The number of likely N-dealkylation sites (N-methyl/N-ethyl adjacent to an activating group) is 1. The summed E-state index contributed by atoms with van der Waals surface area (Å²) in [6, 6.07) is 5.45. The highest BCUT2D eigenvalue weighted by Gasteiger charge is 2.31. The van der Waals surface area contributed by atoms with Gasteiger partial charge in [0.05, 0.1) is 20.0 Å². The first-order valence-electron chi connectivity index (χ1n) is 14.1.